The topological polar surface area (TPSA) is 46.1 Å². The molecule has 0 fully saturated rings. The van der Waals surface area contributed by atoms with Crippen molar-refractivity contribution in [3.8, 4) is 0 Å². The number of carbonyl (C=O) groups excluding carboxylic acids is 1. The van der Waals surface area contributed by atoms with Crippen molar-refractivity contribution in [1.82, 2.24) is 15.1 Å². The molecule has 19 heavy (non-hydrogen) atoms. The van der Waals surface area contributed by atoms with Gasteiger partial charge in [0.25, 0.3) is 5.91 Å². The van der Waals surface area contributed by atoms with E-state index < -0.39 is 0 Å². The van der Waals surface area contributed by atoms with Gasteiger partial charge in [0.2, 0.25) is 0 Å². The Hall–Kier alpha value is -1.16. The van der Waals surface area contributed by atoms with Crippen molar-refractivity contribution in [2.75, 3.05) is 12.4 Å². The highest BCUT2D eigenvalue weighted by molar-refractivity contribution is 6.17. The van der Waals surface area contributed by atoms with E-state index in [2.05, 4.69) is 10.2 Å². The molecule has 0 aliphatic carbocycles. The van der Waals surface area contributed by atoms with Gasteiger partial charge in [-0.1, -0.05) is 6.92 Å². The third-order valence-electron chi connectivity index (χ3n) is 2.97. The molecule has 1 amide bonds. The van der Waals surface area contributed by atoms with Gasteiger partial charge in [0.1, 0.15) is 0 Å². The lowest BCUT2D eigenvalue weighted by molar-refractivity contribution is 0.0704. The molecule has 0 saturated heterocycles. The van der Waals surface area contributed by atoms with Gasteiger partial charge >= 0.3 is 0 Å². The second-order valence-corrected chi connectivity index (χ2v) is 5.21. The summed E-state index contributed by atoms with van der Waals surface area (Å²) in [6, 6.07) is 1.97. The molecule has 1 rings (SSSR count). The molecule has 4 nitrogen and oxygen atoms in total. The minimum atomic E-state index is 0.0231. The fraction of sp³-hybridized carbons (Fsp3) is 0.643. The third kappa shape index (κ3) is 4.16. The number of aromatic nitrogens is 2. The van der Waals surface area contributed by atoms with E-state index in [1.807, 2.05) is 38.7 Å². The number of aryl methyl sites for hydroxylation is 2. The van der Waals surface area contributed by atoms with Gasteiger partial charge in [-0.05, 0) is 39.7 Å². The highest BCUT2D eigenvalue weighted by atomic mass is 35.5. The van der Waals surface area contributed by atoms with Crippen LogP contribution in [0.4, 0.5) is 0 Å². The number of carbonyl (C=O) groups is 1. The van der Waals surface area contributed by atoms with Crippen LogP contribution in [0.1, 0.15) is 48.9 Å². The van der Waals surface area contributed by atoms with E-state index in [-0.39, 0.29) is 11.9 Å². The van der Waals surface area contributed by atoms with Crippen molar-refractivity contribution in [1.29, 1.82) is 0 Å². The molecule has 1 aromatic rings. The predicted octanol–water partition coefficient (Wildman–Crippen LogP) is 2.83. The van der Waals surface area contributed by atoms with E-state index in [0.29, 0.717) is 24.4 Å². The minimum Gasteiger partial charge on any atom is -0.336 e. The fourth-order valence-electron chi connectivity index (χ4n) is 1.94. The highest BCUT2D eigenvalue weighted by Crippen LogP contribution is 2.14. The Bertz CT molecular complexity index is 435. The summed E-state index contributed by atoms with van der Waals surface area (Å²) >= 11 is 5.72. The average molecular weight is 284 g/mol. The molecule has 0 spiro atoms. The number of alkyl halides is 1. The van der Waals surface area contributed by atoms with Crippen LogP contribution in [-0.2, 0) is 6.42 Å². The SMILES string of the molecule is CCc1nnc(C)cc1C(=O)N(CCCCl)C(C)C. The Labute approximate surface area is 120 Å². The molecule has 0 aliphatic rings. The van der Waals surface area contributed by atoms with Crippen molar-refractivity contribution in [3.05, 3.63) is 23.0 Å². The van der Waals surface area contributed by atoms with Crippen molar-refractivity contribution in [3.63, 3.8) is 0 Å². The lowest BCUT2D eigenvalue weighted by Gasteiger charge is -2.27. The summed E-state index contributed by atoms with van der Waals surface area (Å²) in [4.78, 5) is 14.5. The maximum atomic E-state index is 12.6. The standard InChI is InChI=1S/C14H22ClN3O/c1-5-13-12(9-11(4)16-17-13)14(19)18(10(2)3)8-6-7-15/h9-10H,5-8H2,1-4H3. The van der Waals surface area contributed by atoms with Crippen LogP contribution in [0, 0.1) is 6.92 Å². The van der Waals surface area contributed by atoms with Crippen molar-refractivity contribution >= 4 is 17.5 Å². The molecule has 0 aliphatic heterocycles. The van der Waals surface area contributed by atoms with Crippen LogP contribution in [0.5, 0.6) is 0 Å². The Morgan fingerprint density at radius 2 is 2.11 bits per heavy atom. The summed E-state index contributed by atoms with van der Waals surface area (Å²) in [7, 11) is 0. The summed E-state index contributed by atoms with van der Waals surface area (Å²) in [5.41, 5.74) is 2.19. The number of amides is 1. The van der Waals surface area contributed by atoms with Crippen LogP contribution in [0.25, 0.3) is 0 Å². The summed E-state index contributed by atoms with van der Waals surface area (Å²) < 4.78 is 0. The van der Waals surface area contributed by atoms with E-state index in [0.717, 1.165) is 17.8 Å². The third-order valence-corrected chi connectivity index (χ3v) is 3.24. The summed E-state index contributed by atoms with van der Waals surface area (Å²) in [6.07, 6.45) is 1.50. The largest absolute Gasteiger partial charge is 0.336 e. The van der Waals surface area contributed by atoms with Crippen molar-refractivity contribution < 1.29 is 4.79 Å². The zero-order chi connectivity index (χ0) is 14.4. The lowest BCUT2D eigenvalue weighted by atomic mass is 10.1. The first-order valence-electron chi connectivity index (χ1n) is 6.71. The zero-order valence-electron chi connectivity index (χ0n) is 12.1. The van der Waals surface area contributed by atoms with Gasteiger partial charge in [0.05, 0.1) is 17.0 Å². The first-order chi connectivity index (χ1) is 9.01. The molecule has 1 heterocycles. The van der Waals surface area contributed by atoms with Gasteiger partial charge in [0, 0.05) is 18.5 Å². The normalized spacial score (nSPS) is 10.8. The van der Waals surface area contributed by atoms with Crippen LogP contribution in [0.2, 0.25) is 0 Å². The first-order valence-corrected chi connectivity index (χ1v) is 7.24. The molecule has 5 heteroatoms. The maximum absolute atomic E-state index is 12.6. The molecule has 0 saturated carbocycles. The van der Waals surface area contributed by atoms with Crippen LogP contribution in [-0.4, -0.2) is 39.5 Å². The Balaban J connectivity index is 3.04. The number of nitrogens with zero attached hydrogens (tertiary/aromatic N) is 3. The summed E-state index contributed by atoms with van der Waals surface area (Å²) in [6.45, 7) is 8.53. The van der Waals surface area contributed by atoms with Crippen LogP contribution in [0.3, 0.4) is 0 Å². The number of halogens is 1. The quantitative estimate of drug-likeness (QED) is 0.754. The van der Waals surface area contributed by atoms with E-state index in [1.165, 1.54) is 0 Å². The molecular formula is C14H22ClN3O. The van der Waals surface area contributed by atoms with E-state index in [9.17, 15) is 4.79 Å². The van der Waals surface area contributed by atoms with Gasteiger partial charge in [-0.15, -0.1) is 11.6 Å². The van der Waals surface area contributed by atoms with Gasteiger partial charge in [-0.3, -0.25) is 4.79 Å². The lowest BCUT2D eigenvalue weighted by Crippen LogP contribution is -2.38. The zero-order valence-corrected chi connectivity index (χ0v) is 12.9. The molecule has 0 aromatic carbocycles. The second-order valence-electron chi connectivity index (χ2n) is 4.83. The summed E-state index contributed by atoms with van der Waals surface area (Å²) in [5, 5.41) is 8.13. The monoisotopic (exact) mass is 283 g/mol. The smallest absolute Gasteiger partial charge is 0.256 e. The summed E-state index contributed by atoms with van der Waals surface area (Å²) in [5.74, 6) is 0.583. The molecule has 0 unspecified atom stereocenters. The van der Waals surface area contributed by atoms with E-state index >= 15 is 0 Å². The first kappa shape index (κ1) is 15.9. The van der Waals surface area contributed by atoms with Gasteiger partial charge in [-0.2, -0.15) is 10.2 Å². The van der Waals surface area contributed by atoms with Crippen LogP contribution in [0.15, 0.2) is 6.07 Å². The fourth-order valence-corrected chi connectivity index (χ4v) is 2.06. The van der Waals surface area contributed by atoms with Crippen LogP contribution >= 0.6 is 11.6 Å². The predicted molar refractivity (Wildman–Crippen MR) is 77.7 cm³/mol. The maximum Gasteiger partial charge on any atom is 0.256 e. The van der Waals surface area contributed by atoms with Crippen molar-refractivity contribution in [2.45, 2.75) is 46.6 Å². The Morgan fingerprint density at radius 1 is 1.42 bits per heavy atom. The van der Waals surface area contributed by atoms with E-state index in [1.54, 1.807) is 0 Å². The second kappa shape index (κ2) is 7.43. The van der Waals surface area contributed by atoms with Gasteiger partial charge < -0.3 is 4.90 Å². The molecule has 0 bridgehead atoms. The Morgan fingerprint density at radius 3 is 2.63 bits per heavy atom. The molecule has 0 atom stereocenters. The Kier molecular flexibility index (Phi) is 6.22. The van der Waals surface area contributed by atoms with Gasteiger partial charge in [-0.25, -0.2) is 0 Å². The number of rotatable bonds is 6. The van der Waals surface area contributed by atoms with Crippen molar-refractivity contribution in [2.24, 2.45) is 0 Å². The average Bonchev–Trinajstić information content (AvgIpc) is 2.38. The molecule has 0 N–H and O–H groups in total. The molecule has 1 aromatic heterocycles. The van der Waals surface area contributed by atoms with E-state index in [4.69, 9.17) is 11.6 Å². The molecule has 106 valence electrons. The van der Waals surface area contributed by atoms with Crippen LogP contribution < -0.4 is 0 Å². The minimum absolute atomic E-state index is 0.0231. The number of hydrogen-bond acceptors (Lipinski definition) is 3. The molecule has 0 radical (unpaired) electrons. The number of hydrogen-bond donors (Lipinski definition) is 0. The molecular weight excluding hydrogens is 262 g/mol. The highest BCUT2D eigenvalue weighted by Gasteiger charge is 2.21. The van der Waals surface area contributed by atoms with Gasteiger partial charge in [0.15, 0.2) is 0 Å².